The number of nitrogens with zero attached hydrogens (tertiary/aromatic N) is 1. The lowest BCUT2D eigenvalue weighted by atomic mass is 9.85. The summed E-state index contributed by atoms with van der Waals surface area (Å²) in [5.74, 6) is -0.197. The Kier molecular flexibility index (Phi) is 9.58. The van der Waals surface area contributed by atoms with Gasteiger partial charge in [0.05, 0.1) is 12.0 Å². The van der Waals surface area contributed by atoms with Gasteiger partial charge in [0.15, 0.2) is 0 Å². The largest absolute Gasteiger partial charge is 0.391 e. The lowest BCUT2D eigenvalue weighted by Crippen LogP contribution is -2.57. The van der Waals surface area contributed by atoms with Crippen LogP contribution in [0.3, 0.4) is 0 Å². The van der Waals surface area contributed by atoms with E-state index in [-0.39, 0.29) is 37.2 Å². The Hall–Kier alpha value is -2.52. The van der Waals surface area contributed by atoms with E-state index in [1.54, 1.807) is 11.8 Å². The first-order valence-corrected chi connectivity index (χ1v) is 12.5. The third-order valence-corrected chi connectivity index (χ3v) is 6.90. The summed E-state index contributed by atoms with van der Waals surface area (Å²) in [7, 11) is 0. The first-order chi connectivity index (χ1) is 15.8. The van der Waals surface area contributed by atoms with Crippen LogP contribution in [0.2, 0.25) is 0 Å². The van der Waals surface area contributed by atoms with Crippen molar-refractivity contribution in [2.24, 2.45) is 5.41 Å². The van der Waals surface area contributed by atoms with Crippen molar-refractivity contribution in [2.45, 2.75) is 66.2 Å². The summed E-state index contributed by atoms with van der Waals surface area (Å²) in [5.41, 5.74) is 2.38. The molecule has 3 amide bonds. The lowest BCUT2D eigenvalue weighted by Gasteiger charge is -2.35. The van der Waals surface area contributed by atoms with E-state index in [2.05, 4.69) is 22.5 Å². The summed E-state index contributed by atoms with van der Waals surface area (Å²) in [6.45, 7) is 15.2. The number of allylic oxidation sites excluding steroid dienone is 4. The fourth-order valence-corrected chi connectivity index (χ4v) is 4.99. The van der Waals surface area contributed by atoms with Gasteiger partial charge in [-0.2, -0.15) is 0 Å². The van der Waals surface area contributed by atoms with Crippen molar-refractivity contribution < 1.29 is 19.5 Å². The highest BCUT2D eigenvalue weighted by Crippen LogP contribution is 2.31. The molecule has 0 radical (unpaired) electrons. The van der Waals surface area contributed by atoms with Crippen LogP contribution in [-0.2, 0) is 14.4 Å². The Morgan fingerprint density at radius 1 is 1.32 bits per heavy atom. The van der Waals surface area contributed by atoms with Gasteiger partial charge in [0.2, 0.25) is 17.7 Å². The van der Waals surface area contributed by atoms with Gasteiger partial charge in [-0.05, 0) is 30.4 Å². The highest BCUT2D eigenvalue weighted by atomic mass is 32.2. The number of likely N-dealkylation sites (tertiary alicyclic amines) is 1. The molecule has 0 spiro atoms. The van der Waals surface area contributed by atoms with Gasteiger partial charge in [-0.3, -0.25) is 14.4 Å². The van der Waals surface area contributed by atoms with Crippen molar-refractivity contribution in [1.82, 2.24) is 20.9 Å². The van der Waals surface area contributed by atoms with Gasteiger partial charge in [0, 0.05) is 37.0 Å². The number of thioether (sulfide) groups is 1. The number of carbonyl (C=O) groups is 3. The predicted octanol–water partition coefficient (Wildman–Crippen LogP) is 2.20. The highest BCUT2D eigenvalue weighted by molar-refractivity contribution is 8.03. The Morgan fingerprint density at radius 2 is 2.00 bits per heavy atom. The van der Waals surface area contributed by atoms with Crippen molar-refractivity contribution >= 4 is 29.5 Å². The van der Waals surface area contributed by atoms with Gasteiger partial charge in [-0.25, -0.2) is 0 Å². The van der Waals surface area contributed by atoms with Crippen LogP contribution in [0.1, 0.15) is 48.0 Å². The summed E-state index contributed by atoms with van der Waals surface area (Å²) < 4.78 is 0. The molecule has 34 heavy (non-hydrogen) atoms. The third kappa shape index (κ3) is 7.24. The summed E-state index contributed by atoms with van der Waals surface area (Å²) in [4.78, 5) is 40.5. The van der Waals surface area contributed by atoms with Gasteiger partial charge in [-0.15, -0.1) is 11.8 Å². The second kappa shape index (κ2) is 11.8. The topological polar surface area (TPSA) is 111 Å². The molecule has 188 valence electrons. The minimum atomic E-state index is -0.808. The average Bonchev–Trinajstić information content (AvgIpc) is 3.35. The second-order valence-electron chi connectivity index (χ2n) is 9.77. The van der Waals surface area contributed by atoms with Gasteiger partial charge in [0.1, 0.15) is 12.1 Å². The minimum Gasteiger partial charge on any atom is -0.391 e. The van der Waals surface area contributed by atoms with Gasteiger partial charge >= 0.3 is 0 Å². The second-order valence-corrected chi connectivity index (χ2v) is 10.8. The average molecular weight is 491 g/mol. The first-order valence-electron chi connectivity index (χ1n) is 11.5. The van der Waals surface area contributed by atoms with Crippen LogP contribution < -0.4 is 16.0 Å². The number of amides is 3. The van der Waals surface area contributed by atoms with Gasteiger partial charge in [0.25, 0.3) is 0 Å². The van der Waals surface area contributed by atoms with E-state index in [0.717, 1.165) is 17.1 Å². The molecule has 2 heterocycles. The summed E-state index contributed by atoms with van der Waals surface area (Å²) >= 11 is 1.74. The maximum Gasteiger partial charge on any atom is 0.246 e. The quantitative estimate of drug-likeness (QED) is 0.388. The van der Waals surface area contributed by atoms with Gasteiger partial charge in [-0.1, -0.05) is 45.6 Å². The molecule has 0 bridgehead atoms. The molecule has 2 rings (SSSR count). The van der Waals surface area contributed by atoms with E-state index >= 15 is 0 Å². The van der Waals surface area contributed by atoms with Crippen LogP contribution in [0.5, 0.6) is 0 Å². The van der Waals surface area contributed by atoms with E-state index in [4.69, 9.17) is 0 Å². The van der Waals surface area contributed by atoms with Crippen molar-refractivity contribution in [1.29, 1.82) is 0 Å². The molecule has 2 aliphatic heterocycles. The van der Waals surface area contributed by atoms with Crippen molar-refractivity contribution in [2.75, 3.05) is 19.0 Å². The maximum atomic E-state index is 13.3. The van der Waals surface area contributed by atoms with Crippen LogP contribution in [-0.4, -0.2) is 64.9 Å². The van der Waals surface area contributed by atoms with Crippen molar-refractivity contribution in [3.05, 3.63) is 46.6 Å². The number of aliphatic hydroxyl groups excluding tert-OH is 1. The van der Waals surface area contributed by atoms with E-state index in [9.17, 15) is 19.5 Å². The molecule has 0 aromatic carbocycles. The number of carbonyl (C=O) groups excluding carboxylic acids is 3. The molecule has 0 aromatic rings. The Bertz CT molecular complexity index is 916. The SMILES string of the molecule is C=C(/C=C\C(=C/C)C1=C(C)NCS1)CNC(=O)[C@@H]1C[C@@H](O)CN1C(=O)[C@@H](NC(C)=O)C(C)(C)C. The Morgan fingerprint density at radius 3 is 2.53 bits per heavy atom. The molecule has 0 saturated carbocycles. The highest BCUT2D eigenvalue weighted by Gasteiger charge is 2.44. The molecule has 1 saturated heterocycles. The fraction of sp³-hybridized carbons (Fsp3) is 0.560. The standard InChI is InChI=1S/C25H38N4O4S/c1-8-18(21-16(3)27-14-34-21)10-9-15(2)12-26-23(32)20-11-19(31)13-29(20)24(33)22(25(5,6)7)28-17(4)30/h8-10,19-20,22,27,31H,2,11-14H2,1,3-7H3,(H,26,32)(H,28,30)/b10-9-,18-8+/t19-,20+,22-/m1/s1. The zero-order chi connectivity index (χ0) is 25.6. The van der Waals surface area contributed by atoms with Crippen LogP contribution >= 0.6 is 11.8 Å². The van der Waals surface area contributed by atoms with Crippen molar-refractivity contribution in [3.63, 3.8) is 0 Å². The van der Waals surface area contributed by atoms with Crippen molar-refractivity contribution in [3.8, 4) is 0 Å². The Labute approximate surface area is 207 Å². The molecule has 9 heteroatoms. The maximum absolute atomic E-state index is 13.3. The molecule has 1 fully saturated rings. The minimum absolute atomic E-state index is 0.0504. The van der Waals surface area contributed by atoms with E-state index in [1.807, 2.05) is 52.8 Å². The zero-order valence-electron chi connectivity index (χ0n) is 21.0. The summed E-state index contributed by atoms with van der Waals surface area (Å²) in [6.07, 6.45) is 5.23. The number of β-amino-alcohol motifs (C(OH)–C–C–N with tert-alkyl or cyclic N) is 1. The predicted molar refractivity (Wildman–Crippen MR) is 137 cm³/mol. The molecule has 0 unspecified atom stereocenters. The van der Waals surface area contributed by atoms with Gasteiger partial charge < -0.3 is 26.0 Å². The number of hydrogen-bond acceptors (Lipinski definition) is 6. The smallest absolute Gasteiger partial charge is 0.246 e. The molecule has 0 aliphatic carbocycles. The normalized spacial score (nSPS) is 22.1. The van der Waals surface area contributed by atoms with Crippen LogP contribution in [0.25, 0.3) is 0 Å². The molecule has 2 aliphatic rings. The summed E-state index contributed by atoms with van der Waals surface area (Å²) in [5, 5.41) is 19.0. The van der Waals surface area contributed by atoms with Crippen LogP contribution in [0, 0.1) is 5.41 Å². The van der Waals surface area contributed by atoms with Crippen LogP contribution in [0.4, 0.5) is 0 Å². The number of nitrogens with one attached hydrogen (secondary N) is 3. The summed E-state index contributed by atoms with van der Waals surface area (Å²) in [6, 6.07) is -1.61. The molecule has 3 atom stereocenters. The fourth-order valence-electron chi connectivity index (χ4n) is 3.92. The molecule has 4 N–H and O–H groups in total. The first kappa shape index (κ1) is 27.7. The molecular weight excluding hydrogens is 452 g/mol. The zero-order valence-corrected chi connectivity index (χ0v) is 21.8. The molecule has 0 aromatic heterocycles. The third-order valence-electron chi connectivity index (χ3n) is 5.78. The number of rotatable bonds is 8. The van der Waals surface area contributed by atoms with Crippen LogP contribution in [0.15, 0.2) is 46.6 Å². The van der Waals surface area contributed by atoms with E-state index < -0.39 is 23.6 Å². The van der Waals surface area contributed by atoms with E-state index in [0.29, 0.717) is 5.57 Å². The molecule has 8 nitrogen and oxygen atoms in total. The number of aliphatic hydroxyl groups is 1. The lowest BCUT2D eigenvalue weighted by molar-refractivity contribution is -0.143. The Balaban J connectivity index is 2.03. The monoisotopic (exact) mass is 490 g/mol. The number of hydrogen-bond donors (Lipinski definition) is 4. The molecular formula is C25H38N4O4S. The van der Waals surface area contributed by atoms with E-state index in [1.165, 1.54) is 16.7 Å².